The van der Waals surface area contributed by atoms with Crippen LogP contribution >= 0.6 is 11.3 Å². The lowest BCUT2D eigenvalue weighted by Gasteiger charge is -2.21. The second kappa shape index (κ2) is 8.68. The summed E-state index contributed by atoms with van der Waals surface area (Å²) in [6.07, 6.45) is 0.969. The minimum atomic E-state index is 0.765. The average Bonchev–Trinajstić information content (AvgIpc) is 2.96. The van der Waals surface area contributed by atoms with E-state index in [0.717, 1.165) is 36.2 Å². The number of anilines is 1. The van der Waals surface area contributed by atoms with Crippen LogP contribution in [0, 0.1) is 6.92 Å². The predicted molar refractivity (Wildman–Crippen MR) is 104 cm³/mol. The van der Waals surface area contributed by atoms with Crippen molar-refractivity contribution in [3.05, 3.63) is 45.9 Å². The number of nitrogens with zero attached hydrogens (tertiary/aromatic N) is 4. The Morgan fingerprint density at radius 2 is 1.92 bits per heavy atom. The van der Waals surface area contributed by atoms with E-state index in [1.807, 2.05) is 21.0 Å². The first-order chi connectivity index (χ1) is 11.5. The zero-order valence-electron chi connectivity index (χ0n) is 15.2. The lowest BCUT2D eigenvalue weighted by atomic mass is 10.1. The number of hydrogen-bond donors (Lipinski definition) is 1. The Bertz CT molecular complexity index is 660. The molecule has 0 spiro atoms. The summed E-state index contributed by atoms with van der Waals surface area (Å²) in [4.78, 5) is 13.1. The third-order valence-corrected chi connectivity index (χ3v) is 4.61. The Hall–Kier alpha value is -2.08. The molecule has 0 unspecified atom stereocenters. The SMILES string of the molecule is CN=C(NCCc1ccc(N(C)C)cc1)N(C)Cc1csc(C)n1. The van der Waals surface area contributed by atoms with Gasteiger partial charge in [0.05, 0.1) is 17.2 Å². The van der Waals surface area contributed by atoms with Crippen molar-refractivity contribution in [3.8, 4) is 0 Å². The first-order valence-electron chi connectivity index (χ1n) is 8.08. The maximum atomic E-state index is 4.51. The normalized spacial score (nSPS) is 11.5. The maximum absolute atomic E-state index is 4.51. The molecule has 5 nitrogen and oxygen atoms in total. The number of aryl methyl sites for hydroxylation is 1. The number of rotatable bonds is 6. The van der Waals surface area contributed by atoms with Crippen molar-refractivity contribution in [2.24, 2.45) is 4.99 Å². The van der Waals surface area contributed by atoms with E-state index < -0.39 is 0 Å². The van der Waals surface area contributed by atoms with Gasteiger partial charge in [-0.2, -0.15) is 0 Å². The fourth-order valence-corrected chi connectivity index (χ4v) is 3.07. The molecule has 0 atom stereocenters. The highest BCUT2D eigenvalue weighted by molar-refractivity contribution is 7.09. The number of aromatic nitrogens is 1. The monoisotopic (exact) mass is 345 g/mol. The summed E-state index contributed by atoms with van der Waals surface area (Å²) in [5.74, 6) is 0.894. The van der Waals surface area contributed by atoms with Gasteiger partial charge in [0.1, 0.15) is 0 Å². The number of benzene rings is 1. The summed E-state index contributed by atoms with van der Waals surface area (Å²) < 4.78 is 0. The van der Waals surface area contributed by atoms with Crippen molar-refractivity contribution < 1.29 is 0 Å². The Labute approximate surface area is 149 Å². The first-order valence-corrected chi connectivity index (χ1v) is 8.96. The van der Waals surface area contributed by atoms with Crippen LogP contribution < -0.4 is 10.2 Å². The molecule has 0 bridgehead atoms. The van der Waals surface area contributed by atoms with E-state index in [-0.39, 0.29) is 0 Å². The lowest BCUT2D eigenvalue weighted by molar-refractivity contribution is 0.471. The molecule has 0 aliphatic heterocycles. The molecule has 1 aromatic heterocycles. The highest BCUT2D eigenvalue weighted by Crippen LogP contribution is 2.12. The maximum Gasteiger partial charge on any atom is 0.193 e. The third kappa shape index (κ3) is 5.23. The molecule has 0 saturated carbocycles. The lowest BCUT2D eigenvalue weighted by Crippen LogP contribution is -2.39. The highest BCUT2D eigenvalue weighted by atomic mass is 32.1. The van der Waals surface area contributed by atoms with Gasteiger partial charge in [-0.1, -0.05) is 12.1 Å². The van der Waals surface area contributed by atoms with Gasteiger partial charge in [0.2, 0.25) is 0 Å². The van der Waals surface area contributed by atoms with E-state index in [1.54, 1.807) is 11.3 Å². The summed E-state index contributed by atoms with van der Waals surface area (Å²) in [6.45, 7) is 3.65. The van der Waals surface area contributed by atoms with Crippen LogP contribution in [0.1, 0.15) is 16.3 Å². The van der Waals surface area contributed by atoms with E-state index in [4.69, 9.17) is 0 Å². The van der Waals surface area contributed by atoms with Gasteiger partial charge in [-0.05, 0) is 31.0 Å². The zero-order chi connectivity index (χ0) is 17.5. The highest BCUT2D eigenvalue weighted by Gasteiger charge is 2.08. The quantitative estimate of drug-likeness (QED) is 0.646. The molecular weight excluding hydrogens is 318 g/mol. The van der Waals surface area contributed by atoms with Gasteiger partial charge in [-0.15, -0.1) is 11.3 Å². The molecule has 0 amide bonds. The van der Waals surface area contributed by atoms with E-state index in [1.165, 1.54) is 11.3 Å². The van der Waals surface area contributed by atoms with Crippen LogP contribution in [0.15, 0.2) is 34.6 Å². The van der Waals surface area contributed by atoms with Crippen molar-refractivity contribution in [3.63, 3.8) is 0 Å². The fourth-order valence-electron chi connectivity index (χ4n) is 2.46. The smallest absolute Gasteiger partial charge is 0.193 e. The summed E-state index contributed by atoms with van der Waals surface area (Å²) in [5, 5.41) is 6.63. The largest absolute Gasteiger partial charge is 0.378 e. The van der Waals surface area contributed by atoms with Crippen LogP contribution in [0.2, 0.25) is 0 Å². The van der Waals surface area contributed by atoms with E-state index >= 15 is 0 Å². The topological polar surface area (TPSA) is 43.8 Å². The number of guanidine groups is 1. The molecule has 1 aromatic carbocycles. The van der Waals surface area contributed by atoms with Crippen LogP contribution in [-0.2, 0) is 13.0 Å². The standard InChI is InChI=1S/C18H27N5S/c1-14-21-16(13-24-14)12-23(5)18(19-2)20-11-10-15-6-8-17(9-7-15)22(3)4/h6-9,13H,10-12H2,1-5H3,(H,19,20). The third-order valence-electron chi connectivity index (χ3n) is 3.79. The molecule has 0 aliphatic carbocycles. The number of aliphatic imine (C=N–C) groups is 1. The Morgan fingerprint density at radius 3 is 2.46 bits per heavy atom. The molecule has 2 aromatic rings. The van der Waals surface area contributed by atoms with Crippen molar-refractivity contribution in [2.45, 2.75) is 19.9 Å². The number of hydrogen-bond acceptors (Lipinski definition) is 4. The van der Waals surface area contributed by atoms with Crippen LogP contribution in [0.4, 0.5) is 5.69 Å². The van der Waals surface area contributed by atoms with Gasteiger partial charge in [0.15, 0.2) is 5.96 Å². The Kier molecular flexibility index (Phi) is 6.61. The van der Waals surface area contributed by atoms with Gasteiger partial charge >= 0.3 is 0 Å². The van der Waals surface area contributed by atoms with E-state index in [0.29, 0.717) is 0 Å². The summed E-state index contributed by atoms with van der Waals surface area (Å²) >= 11 is 1.68. The Morgan fingerprint density at radius 1 is 1.21 bits per heavy atom. The summed E-state index contributed by atoms with van der Waals surface area (Å²) in [7, 11) is 7.97. The van der Waals surface area contributed by atoms with Gasteiger partial charge in [0, 0.05) is 45.8 Å². The molecule has 130 valence electrons. The number of thiazole rings is 1. The Balaban J connectivity index is 1.82. The predicted octanol–water partition coefficient (Wildman–Crippen LogP) is 2.77. The van der Waals surface area contributed by atoms with Gasteiger partial charge < -0.3 is 15.1 Å². The minimum absolute atomic E-state index is 0.765. The molecule has 0 radical (unpaired) electrons. The molecule has 2 rings (SSSR count). The first kappa shape index (κ1) is 18.3. The van der Waals surface area contributed by atoms with Gasteiger partial charge in [-0.3, -0.25) is 4.99 Å². The van der Waals surface area contributed by atoms with Crippen molar-refractivity contribution in [1.82, 2.24) is 15.2 Å². The zero-order valence-corrected chi connectivity index (χ0v) is 16.0. The molecule has 0 saturated heterocycles. The van der Waals surface area contributed by atoms with Crippen LogP contribution in [-0.4, -0.2) is 50.6 Å². The van der Waals surface area contributed by atoms with Crippen LogP contribution in [0.25, 0.3) is 0 Å². The summed E-state index contributed by atoms with van der Waals surface area (Å²) in [6, 6.07) is 8.67. The van der Waals surface area contributed by atoms with E-state index in [9.17, 15) is 0 Å². The van der Waals surface area contributed by atoms with Crippen molar-refractivity contribution in [2.75, 3.05) is 39.6 Å². The molecule has 0 aliphatic rings. The second-order valence-electron chi connectivity index (χ2n) is 6.00. The second-order valence-corrected chi connectivity index (χ2v) is 7.06. The molecule has 24 heavy (non-hydrogen) atoms. The fraction of sp³-hybridized carbons (Fsp3) is 0.444. The van der Waals surface area contributed by atoms with Crippen LogP contribution in [0.5, 0.6) is 0 Å². The number of nitrogens with one attached hydrogen (secondary N) is 1. The molecule has 6 heteroatoms. The summed E-state index contributed by atoms with van der Waals surface area (Å²) in [5.41, 5.74) is 3.63. The molecule has 1 N–H and O–H groups in total. The van der Waals surface area contributed by atoms with Crippen LogP contribution in [0.3, 0.4) is 0 Å². The van der Waals surface area contributed by atoms with Gasteiger partial charge in [0.25, 0.3) is 0 Å². The average molecular weight is 346 g/mol. The molecular formula is C18H27N5S. The molecule has 0 fully saturated rings. The van der Waals surface area contributed by atoms with Crippen molar-refractivity contribution >= 4 is 23.0 Å². The van der Waals surface area contributed by atoms with E-state index in [2.05, 4.69) is 68.8 Å². The van der Waals surface area contributed by atoms with Gasteiger partial charge in [-0.25, -0.2) is 4.98 Å². The minimum Gasteiger partial charge on any atom is -0.378 e. The molecule has 1 heterocycles. The van der Waals surface area contributed by atoms with Crippen molar-refractivity contribution in [1.29, 1.82) is 0 Å².